The minimum atomic E-state index is 0.267. The first-order valence-electron chi connectivity index (χ1n) is 9.72. The summed E-state index contributed by atoms with van der Waals surface area (Å²) in [4.78, 5) is 17.6. The van der Waals surface area contributed by atoms with Gasteiger partial charge in [-0.2, -0.15) is 0 Å². The molecule has 0 bridgehead atoms. The monoisotopic (exact) mass is 406 g/mol. The van der Waals surface area contributed by atoms with E-state index in [4.69, 9.17) is 0 Å². The number of benzene rings is 2. The number of rotatable bonds is 5. The summed E-state index contributed by atoms with van der Waals surface area (Å²) >= 11 is 3.47. The van der Waals surface area contributed by atoms with E-state index >= 15 is 0 Å². The fraction of sp³-hybridized carbons (Fsp3) is 0.261. The van der Waals surface area contributed by atoms with Crippen LogP contribution in [0, 0.1) is 0 Å². The first-order chi connectivity index (χ1) is 13.8. The van der Waals surface area contributed by atoms with E-state index in [-0.39, 0.29) is 5.78 Å². The van der Waals surface area contributed by atoms with Crippen LogP contribution in [0.25, 0.3) is 20.2 Å². The molecule has 0 unspecified atom stereocenters. The maximum Gasteiger partial charge on any atom is 0.165 e. The number of thiophene rings is 2. The molecule has 4 aromatic rings. The van der Waals surface area contributed by atoms with E-state index in [9.17, 15) is 4.79 Å². The highest BCUT2D eigenvalue weighted by Crippen LogP contribution is 2.31. The number of piperazine rings is 1. The molecule has 5 heteroatoms. The highest BCUT2D eigenvalue weighted by molar-refractivity contribution is 7.17. The van der Waals surface area contributed by atoms with Crippen molar-refractivity contribution in [1.29, 1.82) is 0 Å². The number of fused-ring (bicyclic) bond motifs is 2. The number of hydrogen-bond donors (Lipinski definition) is 0. The summed E-state index contributed by atoms with van der Waals surface area (Å²) in [5.74, 6) is 0.267. The Hall–Kier alpha value is -2.21. The third-order valence-corrected chi connectivity index (χ3v) is 7.47. The lowest BCUT2D eigenvalue weighted by molar-refractivity contribution is 0.0964. The van der Waals surface area contributed by atoms with E-state index in [0.29, 0.717) is 6.42 Å². The third-order valence-electron chi connectivity index (χ3n) is 5.62. The van der Waals surface area contributed by atoms with Crippen LogP contribution in [0.1, 0.15) is 16.8 Å². The van der Waals surface area contributed by atoms with E-state index in [2.05, 4.69) is 51.6 Å². The van der Waals surface area contributed by atoms with Gasteiger partial charge in [-0.15, -0.1) is 22.7 Å². The smallest absolute Gasteiger partial charge is 0.165 e. The van der Waals surface area contributed by atoms with Crippen LogP contribution >= 0.6 is 22.7 Å². The molecule has 3 heterocycles. The van der Waals surface area contributed by atoms with Crippen molar-refractivity contribution >= 4 is 54.3 Å². The normalized spacial score (nSPS) is 15.5. The number of nitrogens with zero attached hydrogens (tertiary/aromatic N) is 2. The van der Waals surface area contributed by atoms with Gasteiger partial charge in [-0.25, -0.2) is 0 Å². The molecule has 0 saturated carbocycles. The van der Waals surface area contributed by atoms with Crippen molar-refractivity contribution in [3.63, 3.8) is 0 Å². The van der Waals surface area contributed by atoms with Crippen LogP contribution in [0.2, 0.25) is 0 Å². The molecule has 0 atom stereocenters. The van der Waals surface area contributed by atoms with Crippen molar-refractivity contribution in [3.05, 3.63) is 64.9 Å². The first-order valence-corrected chi connectivity index (χ1v) is 11.5. The molecule has 0 N–H and O–H groups in total. The number of hydrogen-bond acceptors (Lipinski definition) is 5. The average Bonchev–Trinajstić information content (AvgIpc) is 3.39. The molecule has 0 aliphatic carbocycles. The lowest BCUT2D eigenvalue weighted by atomic mass is 10.1. The molecular formula is C23H22N2OS2. The molecular weight excluding hydrogens is 384 g/mol. The van der Waals surface area contributed by atoms with Crippen molar-refractivity contribution in [2.75, 3.05) is 37.6 Å². The Labute approximate surface area is 172 Å². The molecule has 3 nitrogen and oxygen atoms in total. The molecule has 2 aromatic carbocycles. The molecule has 142 valence electrons. The third kappa shape index (κ3) is 3.34. The Bertz CT molecular complexity index is 1120. The minimum absolute atomic E-state index is 0.267. The molecule has 0 spiro atoms. The summed E-state index contributed by atoms with van der Waals surface area (Å²) in [7, 11) is 0. The Morgan fingerprint density at radius 2 is 1.64 bits per heavy atom. The molecule has 2 aromatic heterocycles. The molecule has 1 aliphatic heterocycles. The van der Waals surface area contributed by atoms with Gasteiger partial charge in [0.25, 0.3) is 0 Å². The number of ketones is 1. The predicted octanol–water partition coefficient (Wildman–Crippen LogP) is 5.51. The summed E-state index contributed by atoms with van der Waals surface area (Å²) in [5, 5.41) is 6.66. The van der Waals surface area contributed by atoms with Gasteiger partial charge >= 0.3 is 0 Å². The van der Waals surface area contributed by atoms with E-state index in [1.165, 1.54) is 20.5 Å². The van der Waals surface area contributed by atoms with Crippen LogP contribution in [0.4, 0.5) is 5.69 Å². The minimum Gasteiger partial charge on any atom is -0.368 e. The number of anilines is 1. The zero-order valence-electron chi connectivity index (χ0n) is 15.6. The second-order valence-corrected chi connectivity index (χ2v) is 9.12. The maximum absolute atomic E-state index is 12.7. The predicted molar refractivity (Wildman–Crippen MR) is 121 cm³/mol. The lowest BCUT2D eigenvalue weighted by Gasteiger charge is -2.36. The van der Waals surface area contributed by atoms with Gasteiger partial charge in [0.05, 0.1) is 0 Å². The largest absolute Gasteiger partial charge is 0.368 e. The van der Waals surface area contributed by atoms with Gasteiger partial charge in [-0.05, 0) is 29.6 Å². The van der Waals surface area contributed by atoms with Crippen molar-refractivity contribution in [2.24, 2.45) is 0 Å². The van der Waals surface area contributed by atoms with Crippen LogP contribution in [0.15, 0.2) is 59.3 Å². The van der Waals surface area contributed by atoms with Crippen LogP contribution in [0.3, 0.4) is 0 Å². The summed E-state index contributed by atoms with van der Waals surface area (Å²) in [6.07, 6.45) is 0.598. The molecule has 28 heavy (non-hydrogen) atoms. The van der Waals surface area contributed by atoms with E-state index in [1.807, 2.05) is 17.5 Å². The summed E-state index contributed by atoms with van der Waals surface area (Å²) in [6.45, 7) is 4.91. The molecule has 5 rings (SSSR count). The van der Waals surface area contributed by atoms with Gasteiger partial charge in [0.15, 0.2) is 5.78 Å². The van der Waals surface area contributed by atoms with Crippen molar-refractivity contribution < 1.29 is 4.79 Å². The quantitative estimate of drug-likeness (QED) is 0.408. The van der Waals surface area contributed by atoms with Crippen molar-refractivity contribution in [1.82, 2.24) is 4.90 Å². The van der Waals surface area contributed by atoms with Crippen LogP contribution < -0.4 is 4.90 Å². The van der Waals surface area contributed by atoms with E-state index < -0.39 is 0 Å². The Kier molecular flexibility index (Phi) is 4.89. The van der Waals surface area contributed by atoms with Gasteiger partial charge in [0, 0.05) is 75.9 Å². The molecule has 0 radical (unpaired) electrons. The first kappa shape index (κ1) is 17.9. The standard InChI is InChI=1S/C23H22N2OS2/c26-21(19-16-28-22-6-2-1-4-17(19)22)8-10-24-11-13-25(14-12-24)20-5-3-7-23-18(20)9-15-27-23/h1-7,9,15-16H,8,10-14H2. The average molecular weight is 407 g/mol. The van der Waals surface area contributed by atoms with Gasteiger partial charge < -0.3 is 4.90 Å². The van der Waals surface area contributed by atoms with Crippen LogP contribution in [-0.2, 0) is 0 Å². The SMILES string of the molecule is O=C(CCN1CCN(c2cccc3sccc23)CC1)c1csc2ccccc12. The summed E-state index contributed by atoms with van der Waals surface area (Å²) in [5.41, 5.74) is 2.24. The van der Waals surface area contributed by atoms with Gasteiger partial charge in [0.2, 0.25) is 0 Å². The fourth-order valence-electron chi connectivity index (χ4n) is 4.05. The van der Waals surface area contributed by atoms with Gasteiger partial charge in [0.1, 0.15) is 0 Å². The Balaban J connectivity index is 1.20. The van der Waals surface area contributed by atoms with Crippen molar-refractivity contribution in [2.45, 2.75) is 6.42 Å². The number of carbonyl (C=O) groups is 1. The molecule has 1 aliphatic rings. The van der Waals surface area contributed by atoms with Crippen molar-refractivity contribution in [3.8, 4) is 0 Å². The summed E-state index contributed by atoms with van der Waals surface area (Å²) < 4.78 is 2.55. The zero-order valence-corrected chi connectivity index (χ0v) is 17.3. The van der Waals surface area contributed by atoms with Crippen LogP contribution in [0.5, 0.6) is 0 Å². The zero-order chi connectivity index (χ0) is 18.9. The van der Waals surface area contributed by atoms with E-state index in [0.717, 1.165) is 43.7 Å². The topological polar surface area (TPSA) is 23.6 Å². The highest BCUT2D eigenvalue weighted by atomic mass is 32.1. The fourth-order valence-corrected chi connectivity index (χ4v) is 5.83. The maximum atomic E-state index is 12.7. The second kappa shape index (κ2) is 7.66. The molecule has 1 saturated heterocycles. The summed E-state index contributed by atoms with van der Waals surface area (Å²) in [6, 6.07) is 17.0. The molecule has 0 amide bonds. The lowest BCUT2D eigenvalue weighted by Crippen LogP contribution is -2.47. The molecule has 1 fully saturated rings. The van der Waals surface area contributed by atoms with Gasteiger partial charge in [-0.1, -0.05) is 24.3 Å². The van der Waals surface area contributed by atoms with E-state index in [1.54, 1.807) is 22.7 Å². The van der Waals surface area contributed by atoms with Gasteiger partial charge in [-0.3, -0.25) is 9.69 Å². The Morgan fingerprint density at radius 1 is 0.857 bits per heavy atom. The highest BCUT2D eigenvalue weighted by Gasteiger charge is 2.20. The second-order valence-electron chi connectivity index (χ2n) is 7.26. The number of Topliss-reactive ketones (excluding diaryl/α,β-unsaturated/α-hetero) is 1. The number of carbonyl (C=O) groups excluding carboxylic acids is 1. The van der Waals surface area contributed by atoms with Crippen LogP contribution in [-0.4, -0.2) is 43.4 Å². The Morgan fingerprint density at radius 3 is 2.54 bits per heavy atom.